The summed E-state index contributed by atoms with van der Waals surface area (Å²) in [5.41, 5.74) is 4.47. The minimum Gasteiger partial charge on any atom is -0.497 e. The Morgan fingerprint density at radius 3 is 2.06 bits per heavy atom. The van der Waals surface area contributed by atoms with Crippen molar-refractivity contribution in [1.29, 1.82) is 0 Å². The average molecular weight is 477 g/mol. The Morgan fingerprint density at radius 2 is 1.45 bits per heavy atom. The van der Waals surface area contributed by atoms with Gasteiger partial charge in [-0.3, -0.25) is 0 Å². The lowest BCUT2D eigenvalue weighted by atomic mass is 9.97. The van der Waals surface area contributed by atoms with E-state index in [2.05, 4.69) is 10.2 Å². The zero-order valence-corrected chi connectivity index (χ0v) is 19.1. The molecule has 2 heterocycles. The second kappa shape index (κ2) is 8.73. The third-order valence-corrected chi connectivity index (χ3v) is 5.90. The van der Waals surface area contributed by atoms with Crippen LogP contribution in [0.3, 0.4) is 0 Å². The molecule has 0 aliphatic carbocycles. The van der Waals surface area contributed by atoms with Crippen LogP contribution in [0, 0.1) is 0 Å². The summed E-state index contributed by atoms with van der Waals surface area (Å²) in [6.45, 7) is 0.308. The van der Waals surface area contributed by atoms with E-state index in [1.165, 1.54) is 9.20 Å². The summed E-state index contributed by atoms with van der Waals surface area (Å²) in [6, 6.07) is 22.4. The summed E-state index contributed by atoms with van der Waals surface area (Å²) in [6.07, 6.45) is 1.68. The number of fused-ring (bicyclic) bond motifs is 1. The van der Waals surface area contributed by atoms with Gasteiger partial charge in [0.25, 0.3) is 0 Å². The van der Waals surface area contributed by atoms with Gasteiger partial charge >= 0.3 is 5.69 Å². The molecule has 0 unspecified atom stereocenters. The standard InChI is InChI=1S/C25H18Cl2N4O2/c1-33-21-12-2-16(3-13-21)15-30-25(32)31-24(29-30)23(18-6-10-20(27)11-7-18)22(14-28-31)17-4-8-19(26)9-5-17/h2-14H,15H2,1H3. The van der Waals surface area contributed by atoms with Crippen molar-refractivity contribution in [2.24, 2.45) is 0 Å². The smallest absolute Gasteiger partial charge is 0.367 e. The molecule has 0 bridgehead atoms. The molecule has 0 amide bonds. The highest BCUT2D eigenvalue weighted by Gasteiger charge is 2.19. The molecule has 0 saturated heterocycles. The number of hydrogen-bond donors (Lipinski definition) is 0. The molecule has 0 atom stereocenters. The number of benzene rings is 3. The van der Waals surface area contributed by atoms with Gasteiger partial charge in [0.2, 0.25) is 0 Å². The van der Waals surface area contributed by atoms with Crippen LogP contribution < -0.4 is 10.4 Å². The van der Waals surface area contributed by atoms with E-state index in [1.807, 2.05) is 72.8 Å². The molecular weight excluding hydrogens is 459 g/mol. The summed E-state index contributed by atoms with van der Waals surface area (Å²) < 4.78 is 7.95. The number of halogens is 2. The Bertz CT molecular complexity index is 1490. The second-order valence-corrected chi connectivity index (χ2v) is 8.34. The molecule has 2 aromatic heterocycles. The number of ether oxygens (including phenoxy) is 1. The normalized spacial score (nSPS) is 11.1. The van der Waals surface area contributed by atoms with Gasteiger partial charge in [0.1, 0.15) is 5.75 Å². The molecule has 8 heteroatoms. The number of nitrogens with zero attached hydrogens (tertiary/aromatic N) is 4. The summed E-state index contributed by atoms with van der Waals surface area (Å²) in [5.74, 6) is 0.750. The molecule has 5 aromatic rings. The van der Waals surface area contributed by atoms with E-state index in [1.54, 1.807) is 13.3 Å². The lowest BCUT2D eigenvalue weighted by Crippen LogP contribution is -2.22. The first-order chi connectivity index (χ1) is 16.0. The Kier molecular flexibility index (Phi) is 5.62. The van der Waals surface area contributed by atoms with Crippen LogP contribution in [0.2, 0.25) is 10.0 Å². The van der Waals surface area contributed by atoms with Crippen molar-refractivity contribution in [3.05, 3.63) is 105 Å². The van der Waals surface area contributed by atoms with E-state index in [0.717, 1.165) is 33.6 Å². The van der Waals surface area contributed by atoms with E-state index in [9.17, 15) is 4.79 Å². The third-order valence-electron chi connectivity index (χ3n) is 5.39. The molecule has 0 N–H and O–H groups in total. The van der Waals surface area contributed by atoms with E-state index >= 15 is 0 Å². The highest BCUT2D eigenvalue weighted by Crippen LogP contribution is 2.35. The number of methoxy groups -OCH3 is 1. The molecule has 3 aromatic carbocycles. The molecule has 0 saturated carbocycles. The van der Waals surface area contributed by atoms with Crippen LogP contribution in [-0.2, 0) is 6.54 Å². The molecule has 0 aliphatic rings. The van der Waals surface area contributed by atoms with Crippen LogP contribution in [0.5, 0.6) is 5.75 Å². The second-order valence-electron chi connectivity index (χ2n) is 7.47. The van der Waals surface area contributed by atoms with Gasteiger partial charge in [0, 0.05) is 21.2 Å². The number of hydrogen-bond acceptors (Lipinski definition) is 4. The largest absolute Gasteiger partial charge is 0.497 e. The van der Waals surface area contributed by atoms with Crippen LogP contribution >= 0.6 is 23.2 Å². The summed E-state index contributed by atoms with van der Waals surface area (Å²) in [4.78, 5) is 13.1. The zero-order valence-electron chi connectivity index (χ0n) is 17.6. The van der Waals surface area contributed by atoms with Crippen molar-refractivity contribution >= 4 is 28.8 Å². The Morgan fingerprint density at radius 1 is 0.848 bits per heavy atom. The van der Waals surface area contributed by atoms with Gasteiger partial charge in [-0.2, -0.15) is 9.61 Å². The molecule has 5 rings (SSSR count). The van der Waals surface area contributed by atoms with Crippen LogP contribution in [0.15, 0.2) is 83.8 Å². The Balaban J connectivity index is 1.70. The van der Waals surface area contributed by atoms with Crippen LogP contribution in [0.1, 0.15) is 5.56 Å². The average Bonchev–Trinajstić information content (AvgIpc) is 3.15. The topological polar surface area (TPSA) is 61.4 Å². The SMILES string of the molecule is COc1ccc(Cn2nc3c(-c4ccc(Cl)cc4)c(-c4ccc(Cl)cc4)cnn3c2=O)cc1. The minimum atomic E-state index is -0.321. The van der Waals surface area contributed by atoms with E-state index < -0.39 is 0 Å². The predicted octanol–water partition coefficient (Wildman–Crippen LogP) is 5.59. The number of rotatable bonds is 5. The Hall–Kier alpha value is -3.61. The van der Waals surface area contributed by atoms with E-state index in [4.69, 9.17) is 27.9 Å². The van der Waals surface area contributed by atoms with Crippen molar-refractivity contribution in [3.8, 4) is 28.0 Å². The molecule has 0 radical (unpaired) electrons. The predicted molar refractivity (Wildman–Crippen MR) is 130 cm³/mol. The van der Waals surface area contributed by atoms with Crippen LogP contribution in [-0.4, -0.2) is 26.5 Å². The third kappa shape index (κ3) is 4.11. The molecule has 0 fully saturated rings. The van der Waals surface area contributed by atoms with Gasteiger partial charge in [-0.15, -0.1) is 5.10 Å². The molecule has 33 heavy (non-hydrogen) atoms. The van der Waals surface area contributed by atoms with Gasteiger partial charge in [0.05, 0.1) is 19.9 Å². The van der Waals surface area contributed by atoms with Gasteiger partial charge < -0.3 is 4.74 Å². The van der Waals surface area contributed by atoms with Crippen molar-refractivity contribution in [1.82, 2.24) is 19.4 Å². The molecular formula is C25H18Cl2N4O2. The van der Waals surface area contributed by atoms with Crippen molar-refractivity contribution in [2.45, 2.75) is 6.54 Å². The highest BCUT2D eigenvalue weighted by molar-refractivity contribution is 6.31. The summed E-state index contributed by atoms with van der Waals surface area (Å²) in [5, 5.41) is 10.3. The lowest BCUT2D eigenvalue weighted by molar-refractivity contribution is 0.414. The van der Waals surface area contributed by atoms with Crippen molar-refractivity contribution in [3.63, 3.8) is 0 Å². The van der Waals surface area contributed by atoms with E-state index in [0.29, 0.717) is 22.2 Å². The molecule has 0 aliphatic heterocycles. The van der Waals surface area contributed by atoms with Gasteiger partial charge in [-0.25, -0.2) is 9.48 Å². The van der Waals surface area contributed by atoms with E-state index in [-0.39, 0.29) is 5.69 Å². The van der Waals surface area contributed by atoms with Gasteiger partial charge in [0.15, 0.2) is 5.65 Å². The first-order valence-electron chi connectivity index (χ1n) is 10.2. The van der Waals surface area contributed by atoms with Crippen LogP contribution in [0.4, 0.5) is 0 Å². The highest BCUT2D eigenvalue weighted by atomic mass is 35.5. The maximum atomic E-state index is 13.1. The van der Waals surface area contributed by atoms with Crippen LogP contribution in [0.25, 0.3) is 27.9 Å². The summed E-state index contributed by atoms with van der Waals surface area (Å²) >= 11 is 12.2. The molecule has 6 nitrogen and oxygen atoms in total. The number of aromatic nitrogens is 4. The van der Waals surface area contributed by atoms with Gasteiger partial charge in [-0.05, 0) is 53.1 Å². The molecule has 164 valence electrons. The summed E-state index contributed by atoms with van der Waals surface area (Å²) in [7, 11) is 1.61. The lowest BCUT2D eigenvalue weighted by Gasteiger charge is -2.11. The fourth-order valence-corrected chi connectivity index (χ4v) is 3.97. The first kappa shape index (κ1) is 21.2. The maximum absolute atomic E-state index is 13.1. The molecule has 0 spiro atoms. The van der Waals surface area contributed by atoms with Crippen molar-refractivity contribution < 1.29 is 4.74 Å². The monoisotopic (exact) mass is 476 g/mol. The Labute approximate surface area is 199 Å². The van der Waals surface area contributed by atoms with Gasteiger partial charge in [-0.1, -0.05) is 59.6 Å². The zero-order chi connectivity index (χ0) is 22.9. The first-order valence-corrected chi connectivity index (χ1v) is 10.9. The maximum Gasteiger partial charge on any atom is 0.367 e. The fraction of sp³-hybridized carbons (Fsp3) is 0.0800. The fourth-order valence-electron chi connectivity index (χ4n) is 3.72. The quantitative estimate of drug-likeness (QED) is 0.331. The van der Waals surface area contributed by atoms with Crippen molar-refractivity contribution in [2.75, 3.05) is 7.11 Å². The minimum absolute atomic E-state index is 0.308.